The van der Waals surface area contributed by atoms with Crippen LogP contribution >= 0.6 is 11.6 Å². The molecule has 1 atom stereocenters. The monoisotopic (exact) mass is 396 g/mol. The summed E-state index contributed by atoms with van der Waals surface area (Å²) in [7, 11) is 0. The number of benzene rings is 1. The van der Waals surface area contributed by atoms with Crippen molar-refractivity contribution >= 4 is 35.1 Å². The summed E-state index contributed by atoms with van der Waals surface area (Å²) in [4.78, 5) is 36.1. The molecule has 0 saturated carbocycles. The molecule has 2 rings (SSSR count). The van der Waals surface area contributed by atoms with Gasteiger partial charge in [-0.05, 0) is 36.2 Å². The second-order valence-electron chi connectivity index (χ2n) is 5.96. The molecule has 9 heteroatoms. The number of furan rings is 1. The van der Waals surface area contributed by atoms with Crippen molar-refractivity contribution < 1.29 is 27.9 Å². The van der Waals surface area contributed by atoms with Crippen molar-refractivity contribution in [1.82, 2.24) is 5.32 Å². The Hall–Kier alpha value is -2.87. The fourth-order valence-electron chi connectivity index (χ4n) is 2.12. The fourth-order valence-corrected chi connectivity index (χ4v) is 2.30. The van der Waals surface area contributed by atoms with Crippen molar-refractivity contribution in [3.63, 3.8) is 0 Å². The van der Waals surface area contributed by atoms with E-state index >= 15 is 0 Å². The van der Waals surface area contributed by atoms with Gasteiger partial charge in [0.1, 0.15) is 11.9 Å². The molecule has 0 radical (unpaired) electrons. The predicted molar refractivity (Wildman–Crippen MR) is 95.8 cm³/mol. The van der Waals surface area contributed by atoms with Crippen LogP contribution in [0, 0.1) is 11.7 Å². The number of halogens is 2. The number of carbonyl (C=O) groups excluding carboxylic acids is 3. The smallest absolute Gasteiger partial charge is 0.329 e. The number of nitrogens with one attached hydrogen (secondary N) is 2. The van der Waals surface area contributed by atoms with E-state index in [1.807, 2.05) is 0 Å². The highest BCUT2D eigenvalue weighted by Crippen LogP contribution is 2.19. The molecule has 144 valence electrons. The van der Waals surface area contributed by atoms with Crippen LogP contribution in [0.4, 0.5) is 10.1 Å². The molecule has 1 heterocycles. The lowest BCUT2D eigenvalue weighted by atomic mass is 10.0. The highest BCUT2D eigenvalue weighted by atomic mass is 35.5. The van der Waals surface area contributed by atoms with E-state index in [1.54, 1.807) is 19.9 Å². The van der Waals surface area contributed by atoms with E-state index in [-0.39, 0.29) is 22.4 Å². The van der Waals surface area contributed by atoms with Crippen LogP contribution in [0.3, 0.4) is 0 Å². The Labute approximate surface area is 159 Å². The molecule has 7 nitrogen and oxygen atoms in total. The molecule has 0 aliphatic heterocycles. The van der Waals surface area contributed by atoms with E-state index in [0.29, 0.717) is 0 Å². The Bertz CT molecular complexity index is 823. The first-order valence-corrected chi connectivity index (χ1v) is 8.41. The molecule has 0 unspecified atom stereocenters. The van der Waals surface area contributed by atoms with Crippen LogP contribution in [-0.4, -0.2) is 30.4 Å². The highest BCUT2D eigenvalue weighted by Gasteiger charge is 2.27. The molecular weight excluding hydrogens is 379 g/mol. The number of anilines is 1. The van der Waals surface area contributed by atoms with Crippen molar-refractivity contribution in [3.8, 4) is 0 Å². The van der Waals surface area contributed by atoms with Crippen molar-refractivity contribution in [1.29, 1.82) is 0 Å². The summed E-state index contributed by atoms with van der Waals surface area (Å²) in [5.41, 5.74) is 0.258. The Morgan fingerprint density at radius 1 is 1.26 bits per heavy atom. The fraction of sp³-hybridized carbons (Fsp3) is 0.278. The molecule has 2 amide bonds. The SMILES string of the molecule is CC(C)[C@H](NC(=O)c1ccco1)C(=O)OCC(=O)Nc1ccc(F)c(Cl)c1. The minimum absolute atomic E-state index is 0.0550. The van der Waals surface area contributed by atoms with E-state index in [2.05, 4.69) is 10.6 Å². The standard InChI is InChI=1S/C18H18ClFN2O5/c1-10(2)16(22-17(24)14-4-3-7-26-14)18(25)27-9-15(23)21-11-5-6-13(20)12(19)8-11/h3-8,10,16H,9H2,1-2H3,(H,21,23)(H,22,24)/t16-/m0/s1. The lowest BCUT2D eigenvalue weighted by molar-refractivity contribution is -0.150. The predicted octanol–water partition coefficient (Wildman–Crippen LogP) is 3.01. The van der Waals surface area contributed by atoms with Gasteiger partial charge in [0.2, 0.25) is 0 Å². The summed E-state index contributed by atoms with van der Waals surface area (Å²) in [5, 5.41) is 4.79. The Morgan fingerprint density at radius 3 is 2.59 bits per heavy atom. The first-order valence-electron chi connectivity index (χ1n) is 8.04. The molecule has 27 heavy (non-hydrogen) atoms. The molecule has 0 aliphatic carbocycles. The van der Waals surface area contributed by atoms with Crippen molar-refractivity contribution in [3.05, 3.63) is 53.2 Å². The number of hydrogen-bond acceptors (Lipinski definition) is 5. The van der Waals surface area contributed by atoms with Gasteiger partial charge in [0.25, 0.3) is 11.8 Å². The summed E-state index contributed by atoms with van der Waals surface area (Å²) >= 11 is 5.63. The number of esters is 1. The Balaban J connectivity index is 1.89. The van der Waals surface area contributed by atoms with E-state index in [0.717, 1.165) is 6.07 Å². The zero-order valence-electron chi connectivity index (χ0n) is 14.6. The van der Waals surface area contributed by atoms with Crippen LogP contribution in [0.25, 0.3) is 0 Å². The van der Waals surface area contributed by atoms with Crippen LogP contribution in [0.2, 0.25) is 5.02 Å². The quantitative estimate of drug-likeness (QED) is 0.701. The summed E-state index contributed by atoms with van der Waals surface area (Å²) in [5.74, 6) is -2.81. The maximum absolute atomic E-state index is 13.1. The molecule has 1 aromatic heterocycles. The molecule has 0 fully saturated rings. The zero-order valence-corrected chi connectivity index (χ0v) is 15.4. The molecule has 0 spiro atoms. The summed E-state index contributed by atoms with van der Waals surface area (Å²) in [6, 6.07) is 5.69. The first-order chi connectivity index (χ1) is 12.8. The molecule has 1 aromatic carbocycles. The molecule has 0 aliphatic rings. The van der Waals surface area contributed by atoms with Gasteiger partial charge in [-0.3, -0.25) is 9.59 Å². The zero-order chi connectivity index (χ0) is 20.0. The minimum Gasteiger partial charge on any atom is -0.459 e. The van der Waals surface area contributed by atoms with Gasteiger partial charge in [0.15, 0.2) is 12.4 Å². The van der Waals surface area contributed by atoms with Crippen LogP contribution in [-0.2, 0) is 14.3 Å². The Kier molecular flexibility index (Phi) is 6.95. The molecule has 0 bridgehead atoms. The topological polar surface area (TPSA) is 97.6 Å². The molecule has 0 saturated heterocycles. The first kappa shape index (κ1) is 20.4. The number of amides is 2. The number of carbonyl (C=O) groups is 3. The molecule has 2 aromatic rings. The van der Waals surface area contributed by atoms with E-state index in [1.165, 1.54) is 24.5 Å². The van der Waals surface area contributed by atoms with Gasteiger partial charge in [-0.1, -0.05) is 25.4 Å². The van der Waals surface area contributed by atoms with E-state index in [9.17, 15) is 18.8 Å². The number of rotatable bonds is 7. The number of ether oxygens (including phenoxy) is 1. The lowest BCUT2D eigenvalue weighted by Gasteiger charge is -2.20. The van der Waals surface area contributed by atoms with Crippen molar-refractivity contribution in [2.75, 3.05) is 11.9 Å². The lowest BCUT2D eigenvalue weighted by Crippen LogP contribution is -2.45. The summed E-state index contributed by atoms with van der Waals surface area (Å²) in [6.45, 7) is 2.86. The van der Waals surface area contributed by atoms with Crippen molar-refractivity contribution in [2.24, 2.45) is 5.92 Å². The largest absolute Gasteiger partial charge is 0.459 e. The van der Waals surface area contributed by atoms with Crippen LogP contribution in [0.5, 0.6) is 0 Å². The summed E-state index contributed by atoms with van der Waals surface area (Å²) in [6.07, 6.45) is 1.34. The average molecular weight is 397 g/mol. The molecular formula is C18H18ClFN2O5. The maximum Gasteiger partial charge on any atom is 0.329 e. The maximum atomic E-state index is 13.1. The van der Waals surface area contributed by atoms with Gasteiger partial charge in [-0.25, -0.2) is 9.18 Å². The average Bonchev–Trinajstić information content (AvgIpc) is 3.15. The van der Waals surface area contributed by atoms with Crippen molar-refractivity contribution in [2.45, 2.75) is 19.9 Å². The van der Waals surface area contributed by atoms with Crippen LogP contribution < -0.4 is 10.6 Å². The Morgan fingerprint density at radius 2 is 2.00 bits per heavy atom. The third-order valence-corrected chi connectivity index (χ3v) is 3.79. The number of hydrogen-bond donors (Lipinski definition) is 2. The molecule has 2 N–H and O–H groups in total. The second-order valence-corrected chi connectivity index (χ2v) is 6.36. The van der Waals surface area contributed by atoms with E-state index in [4.69, 9.17) is 20.8 Å². The van der Waals surface area contributed by atoms with Gasteiger partial charge in [0, 0.05) is 5.69 Å². The van der Waals surface area contributed by atoms with E-state index < -0.39 is 36.2 Å². The normalized spacial score (nSPS) is 11.7. The van der Waals surface area contributed by atoms with Gasteiger partial charge in [-0.15, -0.1) is 0 Å². The third-order valence-electron chi connectivity index (χ3n) is 3.50. The second kappa shape index (κ2) is 9.18. The van der Waals surface area contributed by atoms with Gasteiger partial charge in [-0.2, -0.15) is 0 Å². The van der Waals surface area contributed by atoms with Gasteiger partial charge >= 0.3 is 5.97 Å². The third kappa shape index (κ3) is 5.82. The summed E-state index contributed by atoms with van der Waals surface area (Å²) < 4.78 is 23.0. The van der Waals surface area contributed by atoms with Gasteiger partial charge < -0.3 is 19.8 Å². The van der Waals surface area contributed by atoms with Crippen LogP contribution in [0.15, 0.2) is 41.0 Å². The van der Waals surface area contributed by atoms with Gasteiger partial charge in [0.05, 0.1) is 11.3 Å². The minimum atomic E-state index is -0.962. The highest BCUT2D eigenvalue weighted by molar-refractivity contribution is 6.31. The van der Waals surface area contributed by atoms with Crippen LogP contribution in [0.1, 0.15) is 24.4 Å².